The summed E-state index contributed by atoms with van der Waals surface area (Å²) in [6, 6.07) is 22.0. The van der Waals surface area contributed by atoms with Gasteiger partial charge in [-0.05, 0) is 85.8 Å². The Labute approximate surface area is 294 Å². The van der Waals surface area contributed by atoms with Crippen molar-refractivity contribution in [2.24, 2.45) is 0 Å². The number of halogens is 1. The van der Waals surface area contributed by atoms with E-state index in [0.717, 1.165) is 52.1 Å². The third-order valence-corrected chi connectivity index (χ3v) is 8.78. The molecule has 4 aromatic rings. The van der Waals surface area contributed by atoms with Gasteiger partial charge >= 0.3 is 0 Å². The maximum atomic E-state index is 11.2. The van der Waals surface area contributed by atoms with Crippen LogP contribution in [0.3, 0.4) is 0 Å². The number of amides is 1. The van der Waals surface area contributed by atoms with Crippen molar-refractivity contribution < 1.29 is 19.0 Å². The van der Waals surface area contributed by atoms with Crippen LogP contribution in [0.25, 0.3) is 11.1 Å². The predicted molar refractivity (Wildman–Crippen MR) is 192 cm³/mol. The summed E-state index contributed by atoms with van der Waals surface area (Å²) in [5, 5.41) is 15.8. The minimum absolute atomic E-state index is 0.0782. The number of nitrogens with one attached hydrogen (secondary N) is 2. The number of nitrogens with zero attached hydrogens (tertiary/aromatic N) is 3. The van der Waals surface area contributed by atoms with Gasteiger partial charge in [0.1, 0.15) is 36.5 Å². The summed E-state index contributed by atoms with van der Waals surface area (Å²) in [6.45, 7) is 9.87. The monoisotopic (exact) mass is 681 g/mol. The van der Waals surface area contributed by atoms with Gasteiger partial charge in [0.15, 0.2) is 0 Å². The predicted octanol–water partition coefficient (Wildman–Crippen LogP) is 6.83. The van der Waals surface area contributed by atoms with Crippen molar-refractivity contribution >= 4 is 17.5 Å². The fourth-order valence-electron chi connectivity index (χ4n) is 5.84. The van der Waals surface area contributed by atoms with Crippen LogP contribution in [0.2, 0.25) is 5.02 Å². The lowest BCUT2D eigenvalue weighted by Gasteiger charge is -2.18. The van der Waals surface area contributed by atoms with E-state index in [2.05, 4.69) is 57.8 Å². The molecular weight excluding hydrogens is 638 g/mol. The molecule has 0 spiro atoms. The molecule has 1 amide bonds. The first kappa shape index (κ1) is 35.7. The minimum Gasteiger partial charge on any atom is -0.494 e. The number of benzene rings is 3. The van der Waals surface area contributed by atoms with Gasteiger partial charge in [0.25, 0.3) is 0 Å². The Balaban J connectivity index is 1.26. The fourth-order valence-corrected chi connectivity index (χ4v) is 6.08. The second kappa shape index (κ2) is 18.2. The molecule has 0 bridgehead atoms. The summed E-state index contributed by atoms with van der Waals surface area (Å²) in [6.07, 6.45) is 6.82. The maximum Gasteiger partial charge on any atom is 0.216 e. The Bertz CT molecular complexity index is 1750. The fraction of sp³-hybridized carbons (Fsp3) is 0.359. The van der Waals surface area contributed by atoms with Crippen LogP contribution in [0.15, 0.2) is 73.1 Å². The van der Waals surface area contributed by atoms with Crippen molar-refractivity contribution in [1.29, 1.82) is 5.26 Å². The molecule has 0 saturated carbocycles. The molecule has 3 aromatic carbocycles. The number of likely N-dealkylation sites (tertiary alicyclic amines) is 1. The Hall–Kier alpha value is -4.62. The number of aromatic nitrogens is 1. The van der Waals surface area contributed by atoms with E-state index in [0.29, 0.717) is 54.9 Å². The third-order valence-electron chi connectivity index (χ3n) is 8.48. The highest BCUT2D eigenvalue weighted by molar-refractivity contribution is 6.32. The zero-order chi connectivity index (χ0) is 34.4. The van der Waals surface area contributed by atoms with Crippen molar-refractivity contribution in [3.8, 4) is 34.4 Å². The number of rotatable bonds is 17. The number of pyridine rings is 1. The molecule has 1 saturated heterocycles. The highest BCUT2D eigenvalue weighted by Gasteiger charge is 2.15. The second-order valence-corrected chi connectivity index (χ2v) is 12.6. The molecule has 1 aliphatic heterocycles. The molecule has 49 heavy (non-hydrogen) atoms. The number of nitriles is 1. The van der Waals surface area contributed by atoms with Crippen LogP contribution in [-0.2, 0) is 24.6 Å². The highest BCUT2D eigenvalue weighted by Crippen LogP contribution is 2.35. The Morgan fingerprint density at radius 1 is 0.959 bits per heavy atom. The Morgan fingerprint density at radius 2 is 1.78 bits per heavy atom. The van der Waals surface area contributed by atoms with E-state index in [1.165, 1.54) is 39.1 Å². The molecule has 256 valence electrons. The molecule has 0 atom stereocenters. The largest absolute Gasteiger partial charge is 0.494 e. The van der Waals surface area contributed by atoms with Crippen LogP contribution in [0.4, 0.5) is 0 Å². The quantitative estimate of drug-likeness (QED) is 0.117. The number of hydrogen-bond acceptors (Lipinski definition) is 8. The van der Waals surface area contributed by atoms with Gasteiger partial charge < -0.3 is 29.7 Å². The van der Waals surface area contributed by atoms with Crippen LogP contribution in [0.1, 0.15) is 54.0 Å². The van der Waals surface area contributed by atoms with Crippen molar-refractivity contribution in [2.75, 3.05) is 39.3 Å². The van der Waals surface area contributed by atoms with Gasteiger partial charge in [-0.25, -0.2) is 0 Å². The molecular formula is C39H44ClN5O4. The van der Waals surface area contributed by atoms with Gasteiger partial charge in [-0.15, -0.1) is 0 Å². The first-order valence-corrected chi connectivity index (χ1v) is 17.2. The molecule has 1 aliphatic rings. The average Bonchev–Trinajstić information content (AvgIpc) is 3.63. The molecule has 1 aromatic heterocycles. The topological polar surface area (TPSA) is 109 Å². The van der Waals surface area contributed by atoms with Crippen molar-refractivity contribution in [3.63, 3.8) is 0 Å². The second-order valence-electron chi connectivity index (χ2n) is 12.2. The number of carbonyl (C=O) groups is 1. The maximum absolute atomic E-state index is 11.2. The normalized spacial score (nSPS) is 12.8. The van der Waals surface area contributed by atoms with Gasteiger partial charge in [-0.3, -0.25) is 9.78 Å². The lowest BCUT2D eigenvalue weighted by Crippen LogP contribution is -2.30. The van der Waals surface area contributed by atoms with E-state index in [9.17, 15) is 10.1 Å². The van der Waals surface area contributed by atoms with E-state index in [4.69, 9.17) is 25.8 Å². The van der Waals surface area contributed by atoms with Crippen LogP contribution in [0, 0.1) is 18.3 Å². The van der Waals surface area contributed by atoms with Crippen molar-refractivity contribution in [3.05, 3.63) is 106 Å². The molecule has 2 N–H and O–H groups in total. The van der Waals surface area contributed by atoms with Crippen LogP contribution >= 0.6 is 11.6 Å². The summed E-state index contributed by atoms with van der Waals surface area (Å²) in [7, 11) is 0. The number of carbonyl (C=O) groups excluding carboxylic acids is 1. The van der Waals surface area contributed by atoms with Gasteiger partial charge in [-0.2, -0.15) is 5.26 Å². The standard InChI is InChI=1S/C39H44ClN5O4/c1-28-33(9-6-11-36(28)32-8-5-10-35(19-32)47-17-7-16-45-14-3-4-15-45)27-49-39-21-38(48-26-31-18-30(22-41)23-43-24-31)34(20-37(39)40)25-42-12-13-44-29(2)46/h5-6,8-11,18-21,23-24,42H,3-4,7,12-17,25-27H2,1-2H3,(H,44,46). The van der Waals surface area contributed by atoms with Crippen molar-refractivity contribution in [1.82, 2.24) is 20.5 Å². The summed E-state index contributed by atoms with van der Waals surface area (Å²) >= 11 is 6.75. The zero-order valence-corrected chi connectivity index (χ0v) is 29.0. The SMILES string of the molecule is CC(=O)NCCNCc1cc(Cl)c(OCc2cccc(-c3cccc(OCCCN4CCCC4)c3)c2C)cc1OCc1cncc(C#N)c1. The smallest absolute Gasteiger partial charge is 0.216 e. The van der Waals surface area contributed by atoms with E-state index in [-0.39, 0.29) is 12.5 Å². The van der Waals surface area contributed by atoms with E-state index in [1.54, 1.807) is 18.3 Å². The lowest BCUT2D eigenvalue weighted by molar-refractivity contribution is -0.118. The highest BCUT2D eigenvalue weighted by atomic mass is 35.5. The van der Waals surface area contributed by atoms with E-state index < -0.39 is 0 Å². The summed E-state index contributed by atoms with van der Waals surface area (Å²) in [4.78, 5) is 17.9. The minimum atomic E-state index is -0.0782. The van der Waals surface area contributed by atoms with Crippen LogP contribution in [-0.4, -0.2) is 55.1 Å². The van der Waals surface area contributed by atoms with Gasteiger partial charge in [-0.1, -0.05) is 41.9 Å². The van der Waals surface area contributed by atoms with Crippen molar-refractivity contribution in [2.45, 2.75) is 52.9 Å². The number of hydrogen-bond donors (Lipinski definition) is 2. The van der Waals surface area contributed by atoms with E-state index >= 15 is 0 Å². The first-order chi connectivity index (χ1) is 23.9. The lowest BCUT2D eigenvalue weighted by atomic mass is 9.96. The van der Waals surface area contributed by atoms with Gasteiger partial charge in [0, 0.05) is 62.7 Å². The molecule has 9 nitrogen and oxygen atoms in total. The van der Waals surface area contributed by atoms with Crippen LogP contribution in [0.5, 0.6) is 17.2 Å². The molecule has 1 fully saturated rings. The Kier molecular flexibility index (Phi) is 13.3. The third kappa shape index (κ3) is 10.7. The summed E-state index contributed by atoms with van der Waals surface area (Å²) in [5.41, 5.74) is 6.43. The molecule has 5 rings (SSSR count). The average molecular weight is 682 g/mol. The Morgan fingerprint density at radius 3 is 2.59 bits per heavy atom. The summed E-state index contributed by atoms with van der Waals surface area (Å²) < 4.78 is 18.7. The van der Waals surface area contributed by atoms with Gasteiger partial charge in [0.05, 0.1) is 17.2 Å². The molecule has 2 heterocycles. The van der Waals surface area contributed by atoms with Gasteiger partial charge in [0.2, 0.25) is 5.91 Å². The first-order valence-electron chi connectivity index (χ1n) is 16.8. The molecule has 0 radical (unpaired) electrons. The zero-order valence-electron chi connectivity index (χ0n) is 28.3. The molecule has 0 aliphatic carbocycles. The number of ether oxygens (including phenoxy) is 3. The molecule has 0 unspecified atom stereocenters. The van der Waals surface area contributed by atoms with Crippen LogP contribution < -0.4 is 24.8 Å². The molecule has 10 heteroatoms. The van der Waals surface area contributed by atoms with E-state index in [1.807, 2.05) is 24.3 Å². The summed E-state index contributed by atoms with van der Waals surface area (Å²) in [5.74, 6) is 1.89.